The molecule has 0 bridgehead atoms. The fraction of sp³-hybridized carbons (Fsp3) is 0.200. The molecule has 0 fully saturated rings. The van der Waals surface area contributed by atoms with E-state index in [1.807, 2.05) is 6.92 Å². The number of carbonyl (C=O) groups is 1. The van der Waals surface area contributed by atoms with Crippen molar-refractivity contribution in [3.8, 4) is 11.3 Å². The molecule has 104 valence electrons. The van der Waals surface area contributed by atoms with Gasteiger partial charge in [-0.15, -0.1) is 0 Å². The number of nitrogens with one attached hydrogen (secondary N) is 1. The lowest BCUT2D eigenvalue weighted by molar-refractivity contribution is 0.0800. The Hall–Kier alpha value is -2.43. The number of hydrogen-bond acceptors (Lipinski definition) is 2. The van der Waals surface area contributed by atoms with E-state index in [2.05, 4.69) is 4.98 Å². The minimum Gasteiger partial charge on any atom is -0.342 e. The number of aromatic amines is 1. The Morgan fingerprint density at radius 2 is 2.05 bits per heavy atom. The Morgan fingerprint density at radius 3 is 2.65 bits per heavy atom. The molecule has 0 aliphatic carbocycles. The number of aromatic nitrogens is 1. The Kier molecular flexibility index (Phi) is 3.98. The summed E-state index contributed by atoms with van der Waals surface area (Å²) in [5.74, 6) is -0.714. The third kappa shape index (κ3) is 2.77. The van der Waals surface area contributed by atoms with Crippen molar-refractivity contribution in [3.63, 3.8) is 0 Å². The molecule has 4 nitrogen and oxygen atoms in total. The fourth-order valence-corrected chi connectivity index (χ4v) is 1.82. The van der Waals surface area contributed by atoms with Gasteiger partial charge in [0.2, 0.25) is 0 Å². The van der Waals surface area contributed by atoms with Crippen molar-refractivity contribution in [1.82, 2.24) is 9.88 Å². The molecule has 20 heavy (non-hydrogen) atoms. The Labute approximate surface area is 115 Å². The van der Waals surface area contributed by atoms with Crippen molar-refractivity contribution in [2.45, 2.75) is 6.92 Å². The lowest BCUT2D eigenvalue weighted by atomic mass is 10.1. The highest BCUT2D eigenvalue weighted by molar-refractivity contribution is 5.93. The van der Waals surface area contributed by atoms with Gasteiger partial charge in [0.15, 0.2) is 0 Å². The molecular formula is C15H15FN2O2. The second-order valence-electron chi connectivity index (χ2n) is 4.44. The zero-order valence-electron chi connectivity index (χ0n) is 11.3. The maximum absolute atomic E-state index is 13.2. The number of pyridine rings is 1. The number of amides is 1. The lowest BCUT2D eigenvalue weighted by Gasteiger charge is -2.13. The molecule has 0 aliphatic rings. The summed E-state index contributed by atoms with van der Waals surface area (Å²) in [6.07, 6.45) is 0. The fourth-order valence-electron chi connectivity index (χ4n) is 1.82. The SMILES string of the molecule is CCN(C)C(=O)c1ccc(-c2cccc(F)c2)[nH]c1=O. The molecule has 1 aromatic carbocycles. The second kappa shape index (κ2) is 5.69. The molecule has 1 aromatic heterocycles. The summed E-state index contributed by atoms with van der Waals surface area (Å²) < 4.78 is 13.2. The Bertz CT molecular complexity index is 694. The van der Waals surface area contributed by atoms with Crippen LogP contribution in [0.25, 0.3) is 11.3 Å². The van der Waals surface area contributed by atoms with E-state index in [9.17, 15) is 14.0 Å². The van der Waals surface area contributed by atoms with Crippen molar-refractivity contribution in [1.29, 1.82) is 0 Å². The number of carbonyl (C=O) groups excluding carboxylic acids is 1. The van der Waals surface area contributed by atoms with Crippen molar-refractivity contribution < 1.29 is 9.18 Å². The van der Waals surface area contributed by atoms with Gasteiger partial charge in [-0.1, -0.05) is 12.1 Å². The van der Waals surface area contributed by atoms with Crippen LogP contribution in [-0.2, 0) is 0 Å². The van der Waals surface area contributed by atoms with E-state index in [-0.39, 0.29) is 17.3 Å². The van der Waals surface area contributed by atoms with Gasteiger partial charge < -0.3 is 9.88 Å². The molecule has 0 saturated heterocycles. The third-order valence-electron chi connectivity index (χ3n) is 3.10. The molecule has 1 amide bonds. The number of nitrogens with zero attached hydrogens (tertiary/aromatic N) is 1. The molecule has 0 atom stereocenters. The van der Waals surface area contributed by atoms with E-state index in [1.54, 1.807) is 25.2 Å². The monoisotopic (exact) mass is 274 g/mol. The number of halogens is 1. The maximum Gasteiger partial charge on any atom is 0.261 e. The molecular weight excluding hydrogens is 259 g/mol. The van der Waals surface area contributed by atoms with Crippen LogP contribution in [-0.4, -0.2) is 29.4 Å². The first kappa shape index (κ1) is 14.0. The van der Waals surface area contributed by atoms with Gasteiger partial charge in [0.1, 0.15) is 11.4 Å². The molecule has 0 spiro atoms. The number of hydrogen-bond donors (Lipinski definition) is 1. The highest BCUT2D eigenvalue weighted by Gasteiger charge is 2.14. The van der Waals surface area contributed by atoms with Crippen molar-refractivity contribution in [2.75, 3.05) is 13.6 Å². The van der Waals surface area contributed by atoms with E-state index >= 15 is 0 Å². The summed E-state index contributed by atoms with van der Waals surface area (Å²) in [6.45, 7) is 2.34. The van der Waals surface area contributed by atoms with Crippen LogP contribution in [0.1, 0.15) is 17.3 Å². The predicted molar refractivity (Wildman–Crippen MR) is 75.1 cm³/mol. The van der Waals surface area contributed by atoms with Crippen LogP contribution in [0.2, 0.25) is 0 Å². The maximum atomic E-state index is 13.2. The largest absolute Gasteiger partial charge is 0.342 e. The van der Waals surface area contributed by atoms with Crippen LogP contribution in [0.4, 0.5) is 4.39 Å². The van der Waals surface area contributed by atoms with Crippen LogP contribution in [0.3, 0.4) is 0 Å². The minimum absolute atomic E-state index is 0.0782. The smallest absolute Gasteiger partial charge is 0.261 e. The first-order valence-electron chi connectivity index (χ1n) is 6.27. The molecule has 0 radical (unpaired) electrons. The zero-order valence-corrected chi connectivity index (χ0v) is 11.3. The van der Waals surface area contributed by atoms with Gasteiger partial charge >= 0.3 is 0 Å². The molecule has 0 saturated carbocycles. The van der Waals surface area contributed by atoms with Gasteiger partial charge in [-0.05, 0) is 31.2 Å². The summed E-state index contributed by atoms with van der Waals surface area (Å²) in [6, 6.07) is 8.97. The van der Waals surface area contributed by atoms with Crippen LogP contribution in [0, 0.1) is 5.82 Å². The van der Waals surface area contributed by atoms with E-state index in [1.165, 1.54) is 23.1 Å². The topological polar surface area (TPSA) is 53.2 Å². The van der Waals surface area contributed by atoms with Crippen molar-refractivity contribution >= 4 is 5.91 Å². The molecule has 0 unspecified atom stereocenters. The Balaban J connectivity index is 2.40. The summed E-state index contributed by atoms with van der Waals surface area (Å²) in [5.41, 5.74) is 0.640. The van der Waals surface area contributed by atoms with Gasteiger partial charge in [0.05, 0.1) is 0 Å². The first-order valence-corrected chi connectivity index (χ1v) is 6.27. The van der Waals surface area contributed by atoms with E-state index in [0.29, 0.717) is 17.8 Å². The first-order chi connectivity index (χ1) is 9.52. The average molecular weight is 274 g/mol. The molecule has 1 heterocycles. The highest BCUT2D eigenvalue weighted by Crippen LogP contribution is 2.16. The van der Waals surface area contributed by atoms with Gasteiger partial charge in [-0.3, -0.25) is 9.59 Å². The molecule has 2 aromatic rings. The van der Waals surface area contributed by atoms with E-state index in [4.69, 9.17) is 0 Å². The lowest BCUT2D eigenvalue weighted by Crippen LogP contribution is -2.31. The zero-order chi connectivity index (χ0) is 14.7. The van der Waals surface area contributed by atoms with E-state index in [0.717, 1.165) is 0 Å². The number of benzene rings is 1. The molecule has 0 aliphatic heterocycles. The Morgan fingerprint density at radius 1 is 1.30 bits per heavy atom. The summed E-state index contributed by atoms with van der Waals surface area (Å²) in [7, 11) is 1.63. The number of rotatable bonds is 3. The summed E-state index contributed by atoms with van der Waals surface area (Å²) >= 11 is 0. The highest BCUT2D eigenvalue weighted by atomic mass is 19.1. The molecule has 5 heteroatoms. The third-order valence-corrected chi connectivity index (χ3v) is 3.10. The van der Waals surface area contributed by atoms with Crippen molar-refractivity contribution in [3.05, 3.63) is 58.1 Å². The van der Waals surface area contributed by atoms with Crippen LogP contribution in [0.5, 0.6) is 0 Å². The standard InChI is InChI=1S/C15H15FN2O2/c1-3-18(2)15(20)12-7-8-13(17-14(12)19)10-5-4-6-11(16)9-10/h4-9H,3H2,1-2H3,(H,17,19). The van der Waals surface area contributed by atoms with Gasteiger partial charge in [0.25, 0.3) is 11.5 Å². The normalized spacial score (nSPS) is 10.3. The van der Waals surface area contributed by atoms with Gasteiger partial charge in [0, 0.05) is 24.8 Å². The van der Waals surface area contributed by atoms with Crippen LogP contribution in [0.15, 0.2) is 41.2 Å². The molecule has 2 rings (SSSR count). The van der Waals surface area contributed by atoms with Crippen LogP contribution < -0.4 is 5.56 Å². The second-order valence-corrected chi connectivity index (χ2v) is 4.44. The summed E-state index contributed by atoms with van der Waals surface area (Å²) in [5, 5.41) is 0. The van der Waals surface area contributed by atoms with Gasteiger partial charge in [-0.2, -0.15) is 0 Å². The predicted octanol–water partition coefficient (Wildman–Crippen LogP) is 2.27. The minimum atomic E-state index is -0.475. The number of H-pyrrole nitrogens is 1. The van der Waals surface area contributed by atoms with Gasteiger partial charge in [-0.25, -0.2) is 4.39 Å². The summed E-state index contributed by atoms with van der Waals surface area (Å²) in [4.78, 5) is 28.0. The van der Waals surface area contributed by atoms with Crippen molar-refractivity contribution in [2.24, 2.45) is 0 Å². The van der Waals surface area contributed by atoms with E-state index < -0.39 is 5.56 Å². The molecule has 1 N–H and O–H groups in total. The average Bonchev–Trinajstić information content (AvgIpc) is 2.45. The van der Waals surface area contributed by atoms with Crippen LogP contribution >= 0.6 is 0 Å². The quantitative estimate of drug-likeness (QED) is 0.933.